The number of nitrogens with zero attached hydrogens (tertiary/aromatic N) is 1. The van der Waals surface area contributed by atoms with Crippen LogP contribution < -0.4 is 10.1 Å². The second-order valence-corrected chi connectivity index (χ2v) is 6.60. The molecular formula is C17H22N2OS. The third-order valence-corrected chi connectivity index (χ3v) is 5.24. The smallest absolute Gasteiger partial charge is 0.142 e. The number of rotatable bonds is 6. The van der Waals surface area contributed by atoms with Crippen molar-refractivity contribution in [2.24, 2.45) is 0 Å². The predicted octanol–water partition coefficient (Wildman–Crippen LogP) is 3.73. The van der Waals surface area contributed by atoms with Gasteiger partial charge in [0.15, 0.2) is 0 Å². The maximum atomic E-state index is 5.51. The van der Waals surface area contributed by atoms with E-state index in [2.05, 4.69) is 23.3 Å². The summed E-state index contributed by atoms with van der Waals surface area (Å²) in [6.45, 7) is 3.17. The van der Waals surface area contributed by atoms with E-state index in [4.69, 9.17) is 4.74 Å². The van der Waals surface area contributed by atoms with Gasteiger partial charge in [-0.1, -0.05) is 6.92 Å². The number of thiophene rings is 1. The van der Waals surface area contributed by atoms with E-state index in [0.29, 0.717) is 0 Å². The van der Waals surface area contributed by atoms with Crippen molar-refractivity contribution in [2.75, 3.05) is 13.7 Å². The summed E-state index contributed by atoms with van der Waals surface area (Å²) in [7, 11) is 1.71. The summed E-state index contributed by atoms with van der Waals surface area (Å²) in [6.07, 6.45) is 6.73. The maximum absolute atomic E-state index is 5.51. The summed E-state index contributed by atoms with van der Waals surface area (Å²) in [5.41, 5.74) is 2.53. The fourth-order valence-electron chi connectivity index (χ4n) is 2.91. The van der Waals surface area contributed by atoms with Crippen molar-refractivity contribution in [1.29, 1.82) is 0 Å². The van der Waals surface area contributed by atoms with Crippen molar-refractivity contribution >= 4 is 11.3 Å². The number of fused-ring (bicyclic) bond motifs is 1. The Labute approximate surface area is 130 Å². The lowest BCUT2D eigenvalue weighted by molar-refractivity contribution is 0.400. The predicted molar refractivity (Wildman–Crippen MR) is 87.3 cm³/mol. The summed E-state index contributed by atoms with van der Waals surface area (Å²) in [4.78, 5) is 7.51. The molecule has 3 rings (SSSR count). The van der Waals surface area contributed by atoms with Crippen LogP contribution in [0.5, 0.6) is 5.75 Å². The van der Waals surface area contributed by atoms with Crippen LogP contribution >= 0.6 is 11.3 Å². The van der Waals surface area contributed by atoms with Gasteiger partial charge in [-0.15, -0.1) is 11.3 Å². The first-order valence-corrected chi connectivity index (χ1v) is 8.49. The van der Waals surface area contributed by atoms with Gasteiger partial charge in [-0.25, -0.2) is 0 Å². The van der Waals surface area contributed by atoms with Crippen molar-refractivity contribution in [2.45, 2.75) is 38.6 Å². The molecule has 2 aromatic rings. The molecule has 112 valence electrons. The van der Waals surface area contributed by atoms with Crippen molar-refractivity contribution in [3.8, 4) is 5.75 Å². The topological polar surface area (TPSA) is 34.2 Å². The number of hydrogen-bond donors (Lipinski definition) is 1. The molecule has 0 amide bonds. The molecule has 1 unspecified atom stereocenters. The second kappa shape index (κ2) is 6.58. The standard InChI is InChI=1S/C17H22N2OS/c1-3-9-18-17(16-13(20-2)7-5-10-19-16)15-11-12-6-4-8-14(12)21-15/h5,7,10-11,17-18H,3-4,6,8-9H2,1-2H3. The molecule has 0 radical (unpaired) electrons. The van der Waals surface area contributed by atoms with Gasteiger partial charge < -0.3 is 10.1 Å². The van der Waals surface area contributed by atoms with Gasteiger partial charge in [0, 0.05) is 16.0 Å². The molecule has 0 saturated heterocycles. The van der Waals surface area contributed by atoms with Gasteiger partial charge in [-0.3, -0.25) is 4.98 Å². The highest BCUT2D eigenvalue weighted by Crippen LogP contribution is 2.37. The Hall–Kier alpha value is -1.39. The van der Waals surface area contributed by atoms with Crippen LogP contribution in [-0.4, -0.2) is 18.6 Å². The molecule has 0 saturated carbocycles. The maximum Gasteiger partial charge on any atom is 0.142 e. The van der Waals surface area contributed by atoms with Crippen LogP contribution in [0.3, 0.4) is 0 Å². The van der Waals surface area contributed by atoms with Gasteiger partial charge in [0.25, 0.3) is 0 Å². The Kier molecular flexibility index (Phi) is 4.56. The van der Waals surface area contributed by atoms with Crippen LogP contribution in [0.2, 0.25) is 0 Å². The SMILES string of the molecule is CCCNC(c1cc2c(s1)CCC2)c1ncccc1OC. The first-order valence-electron chi connectivity index (χ1n) is 7.67. The number of nitrogens with one attached hydrogen (secondary N) is 1. The number of aryl methyl sites for hydroxylation is 2. The second-order valence-electron chi connectivity index (χ2n) is 5.43. The minimum absolute atomic E-state index is 0.136. The molecule has 1 atom stereocenters. The molecular weight excluding hydrogens is 280 g/mol. The average molecular weight is 302 g/mol. The van der Waals surface area contributed by atoms with E-state index in [1.165, 1.54) is 29.7 Å². The Morgan fingerprint density at radius 1 is 1.43 bits per heavy atom. The monoisotopic (exact) mass is 302 g/mol. The van der Waals surface area contributed by atoms with E-state index >= 15 is 0 Å². The Bertz CT molecular complexity index is 587. The van der Waals surface area contributed by atoms with Gasteiger partial charge in [-0.05, 0) is 56.0 Å². The van der Waals surface area contributed by atoms with E-state index in [1.807, 2.05) is 29.7 Å². The zero-order valence-electron chi connectivity index (χ0n) is 12.7. The fraction of sp³-hybridized carbons (Fsp3) is 0.471. The molecule has 0 aromatic carbocycles. The van der Waals surface area contributed by atoms with Gasteiger partial charge in [0.05, 0.1) is 13.2 Å². The summed E-state index contributed by atoms with van der Waals surface area (Å²) in [5.74, 6) is 0.861. The molecule has 3 nitrogen and oxygen atoms in total. The normalized spacial score (nSPS) is 15.0. The van der Waals surface area contributed by atoms with E-state index in [9.17, 15) is 0 Å². The first-order chi connectivity index (χ1) is 10.3. The molecule has 1 N–H and O–H groups in total. The molecule has 1 aliphatic rings. The van der Waals surface area contributed by atoms with Crippen LogP contribution in [0.15, 0.2) is 24.4 Å². The summed E-state index contributed by atoms with van der Waals surface area (Å²) >= 11 is 1.94. The molecule has 2 aromatic heterocycles. The van der Waals surface area contributed by atoms with Crippen molar-refractivity contribution in [1.82, 2.24) is 10.3 Å². The molecule has 2 heterocycles. The van der Waals surface area contributed by atoms with E-state index in [-0.39, 0.29) is 6.04 Å². The van der Waals surface area contributed by atoms with Crippen molar-refractivity contribution < 1.29 is 4.74 Å². The van der Waals surface area contributed by atoms with E-state index in [1.54, 1.807) is 12.0 Å². The van der Waals surface area contributed by atoms with Gasteiger partial charge in [-0.2, -0.15) is 0 Å². The fourth-order valence-corrected chi connectivity index (χ4v) is 4.24. The summed E-state index contributed by atoms with van der Waals surface area (Å²) in [6, 6.07) is 6.42. The third-order valence-electron chi connectivity index (χ3n) is 3.94. The lowest BCUT2D eigenvalue weighted by atomic mass is 10.1. The zero-order valence-corrected chi connectivity index (χ0v) is 13.5. The number of hydrogen-bond acceptors (Lipinski definition) is 4. The van der Waals surface area contributed by atoms with Gasteiger partial charge in [0.2, 0.25) is 0 Å². The van der Waals surface area contributed by atoms with Crippen LogP contribution in [0, 0.1) is 0 Å². The van der Waals surface area contributed by atoms with Crippen LogP contribution in [0.1, 0.15) is 46.8 Å². The Balaban J connectivity index is 1.96. The average Bonchev–Trinajstić information content (AvgIpc) is 3.09. The van der Waals surface area contributed by atoms with Gasteiger partial charge in [0.1, 0.15) is 11.4 Å². The van der Waals surface area contributed by atoms with Crippen LogP contribution in [0.25, 0.3) is 0 Å². The van der Waals surface area contributed by atoms with Crippen LogP contribution in [-0.2, 0) is 12.8 Å². The zero-order chi connectivity index (χ0) is 14.7. The summed E-state index contributed by atoms with van der Waals surface area (Å²) < 4.78 is 5.51. The molecule has 1 aliphatic carbocycles. The number of aromatic nitrogens is 1. The molecule has 4 heteroatoms. The number of pyridine rings is 1. The number of methoxy groups -OCH3 is 1. The quantitative estimate of drug-likeness (QED) is 0.883. The summed E-state index contributed by atoms with van der Waals surface area (Å²) in [5, 5.41) is 3.63. The highest BCUT2D eigenvalue weighted by atomic mass is 32.1. The number of ether oxygens (including phenoxy) is 1. The molecule has 0 bridgehead atoms. The minimum atomic E-state index is 0.136. The van der Waals surface area contributed by atoms with Gasteiger partial charge >= 0.3 is 0 Å². The Morgan fingerprint density at radius 2 is 2.33 bits per heavy atom. The highest BCUT2D eigenvalue weighted by Gasteiger charge is 2.24. The van der Waals surface area contributed by atoms with Crippen molar-refractivity contribution in [3.05, 3.63) is 45.4 Å². The first kappa shape index (κ1) is 14.5. The molecule has 21 heavy (non-hydrogen) atoms. The third kappa shape index (κ3) is 2.97. The molecule has 0 fully saturated rings. The van der Waals surface area contributed by atoms with Crippen LogP contribution in [0.4, 0.5) is 0 Å². The highest BCUT2D eigenvalue weighted by molar-refractivity contribution is 7.12. The molecule has 0 aliphatic heterocycles. The molecule has 0 spiro atoms. The lowest BCUT2D eigenvalue weighted by Crippen LogP contribution is -2.23. The lowest BCUT2D eigenvalue weighted by Gasteiger charge is -2.19. The Morgan fingerprint density at radius 3 is 3.10 bits per heavy atom. The van der Waals surface area contributed by atoms with Crippen molar-refractivity contribution in [3.63, 3.8) is 0 Å². The van der Waals surface area contributed by atoms with E-state index < -0.39 is 0 Å². The largest absolute Gasteiger partial charge is 0.495 e. The minimum Gasteiger partial charge on any atom is -0.495 e. The van der Waals surface area contributed by atoms with E-state index in [0.717, 1.165) is 24.4 Å².